The second-order valence-corrected chi connectivity index (χ2v) is 13.6. The Labute approximate surface area is 313 Å². The van der Waals surface area contributed by atoms with Gasteiger partial charge in [0.05, 0.1) is 0 Å². The Morgan fingerprint density at radius 2 is 0.741 bits per heavy atom. The molecule has 10 aromatic rings. The van der Waals surface area contributed by atoms with Gasteiger partial charge < -0.3 is 0 Å². The molecule has 0 amide bonds. The Balaban J connectivity index is 1.13. The summed E-state index contributed by atoms with van der Waals surface area (Å²) in [6.07, 6.45) is 0. The molecule has 0 aliphatic heterocycles. The van der Waals surface area contributed by atoms with Crippen LogP contribution in [-0.2, 0) is 0 Å². The lowest BCUT2D eigenvalue weighted by Crippen LogP contribution is -2.00. The zero-order valence-corrected chi connectivity index (χ0v) is 29.4. The second kappa shape index (κ2) is 13.4. The summed E-state index contributed by atoms with van der Waals surface area (Å²) >= 11 is 0. The highest BCUT2D eigenvalue weighted by atomic mass is 15.0. The molecule has 0 saturated heterocycles. The van der Waals surface area contributed by atoms with Gasteiger partial charge in [0.25, 0.3) is 0 Å². The van der Waals surface area contributed by atoms with E-state index in [1.54, 1.807) is 0 Å². The van der Waals surface area contributed by atoms with Crippen molar-refractivity contribution in [1.29, 1.82) is 0 Å². The summed E-state index contributed by atoms with van der Waals surface area (Å²) in [4.78, 5) is 15.1. The van der Waals surface area contributed by atoms with E-state index in [1.807, 2.05) is 36.4 Å². The molecule has 9 aromatic carbocycles. The molecular formula is C51H33N3. The molecule has 0 aliphatic rings. The van der Waals surface area contributed by atoms with E-state index in [0.717, 1.165) is 33.4 Å². The Hall–Kier alpha value is -7.23. The second-order valence-electron chi connectivity index (χ2n) is 13.6. The van der Waals surface area contributed by atoms with Crippen molar-refractivity contribution in [2.24, 2.45) is 0 Å². The van der Waals surface area contributed by atoms with Gasteiger partial charge in [-0.2, -0.15) is 0 Å². The van der Waals surface area contributed by atoms with Crippen molar-refractivity contribution >= 4 is 32.3 Å². The van der Waals surface area contributed by atoms with Crippen molar-refractivity contribution in [2.75, 3.05) is 0 Å². The SMILES string of the molecule is c1ccc(-c2cccc(-c3nc(-c4ccccc4)nc(-c4ccc(-c5c(-c6cc7ccccc7c7ccccc67)ccc6ccccc56)cc4)n3)c2)cc1. The molecule has 0 saturated carbocycles. The predicted molar refractivity (Wildman–Crippen MR) is 225 cm³/mol. The maximum absolute atomic E-state index is 5.09. The molecule has 54 heavy (non-hydrogen) atoms. The Morgan fingerprint density at radius 3 is 1.46 bits per heavy atom. The van der Waals surface area contributed by atoms with E-state index in [9.17, 15) is 0 Å². The fraction of sp³-hybridized carbons (Fsp3) is 0. The van der Waals surface area contributed by atoms with Crippen LogP contribution in [0.15, 0.2) is 200 Å². The first-order chi connectivity index (χ1) is 26.8. The summed E-state index contributed by atoms with van der Waals surface area (Å²) in [5.74, 6) is 1.92. The molecule has 0 N–H and O–H groups in total. The maximum atomic E-state index is 5.09. The normalized spacial score (nSPS) is 11.3. The molecule has 0 radical (unpaired) electrons. The van der Waals surface area contributed by atoms with Gasteiger partial charge in [-0.15, -0.1) is 0 Å². The summed E-state index contributed by atoms with van der Waals surface area (Å²) in [5.41, 5.74) is 9.85. The monoisotopic (exact) mass is 687 g/mol. The smallest absolute Gasteiger partial charge is 0.164 e. The molecule has 1 aromatic heterocycles. The fourth-order valence-electron chi connectivity index (χ4n) is 7.69. The van der Waals surface area contributed by atoms with Gasteiger partial charge in [0.15, 0.2) is 17.5 Å². The van der Waals surface area contributed by atoms with E-state index in [4.69, 9.17) is 15.0 Å². The van der Waals surface area contributed by atoms with Crippen LogP contribution in [0.2, 0.25) is 0 Å². The molecule has 1 heterocycles. The van der Waals surface area contributed by atoms with Gasteiger partial charge >= 0.3 is 0 Å². The third-order valence-electron chi connectivity index (χ3n) is 10.3. The lowest BCUT2D eigenvalue weighted by atomic mass is 9.86. The van der Waals surface area contributed by atoms with Crippen LogP contribution in [0.4, 0.5) is 0 Å². The van der Waals surface area contributed by atoms with E-state index >= 15 is 0 Å². The Morgan fingerprint density at radius 1 is 0.241 bits per heavy atom. The summed E-state index contributed by atoms with van der Waals surface area (Å²) in [6, 6.07) is 70.7. The first-order valence-electron chi connectivity index (χ1n) is 18.3. The molecule has 10 rings (SSSR count). The van der Waals surface area contributed by atoms with Crippen LogP contribution in [0.3, 0.4) is 0 Å². The minimum atomic E-state index is 0.634. The summed E-state index contributed by atoms with van der Waals surface area (Å²) in [7, 11) is 0. The largest absolute Gasteiger partial charge is 0.208 e. The third-order valence-corrected chi connectivity index (χ3v) is 10.3. The summed E-state index contributed by atoms with van der Waals surface area (Å²) in [5, 5.41) is 7.42. The predicted octanol–water partition coefficient (Wildman–Crippen LogP) is 13.3. The summed E-state index contributed by atoms with van der Waals surface area (Å²) < 4.78 is 0. The van der Waals surface area contributed by atoms with Gasteiger partial charge in [-0.3, -0.25) is 0 Å². The van der Waals surface area contributed by atoms with Crippen molar-refractivity contribution in [2.45, 2.75) is 0 Å². The standard InChI is InChI=1S/C51H33N3/c1-3-14-34(15-4-1)39-20-13-21-41(32-39)51-53-49(37-17-5-2-6-18-37)52-50(54-51)38-28-26-36(27-29-38)48-43-23-10-7-16-35(43)30-31-46(48)47-33-40-19-8-9-22-42(40)44-24-11-12-25-45(44)47/h1-33H. The van der Waals surface area contributed by atoms with Crippen LogP contribution >= 0.6 is 0 Å². The third kappa shape index (κ3) is 5.69. The van der Waals surface area contributed by atoms with Crippen LogP contribution in [0.25, 0.3) is 99.9 Å². The van der Waals surface area contributed by atoms with Crippen LogP contribution in [-0.4, -0.2) is 15.0 Å². The van der Waals surface area contributed by atoms with E-state index in [0.29, 0.717) is 17.5 Å². The van der Waals surface area contributed by atoms with Gasteiger partial charge in [-0.1, -0.05) is 188 Å². The van der Waals surface area contributed by atoms with Crippen LogP contribution in [0, 0.1) is 0 Å². The molecule has 3 heteroatoms. The van der Waals surface area contributed by atoms with Crippen molar-refractivity contribution in [3.05, 3.63) is 200 Å². The summed E-state index contributed by atoms with van der Waals surface area (Å²) in [6.45, 7) is 0. The first-order valence-corrected chi connectivity index (χ1v) is 18.3. The number of benzene rings is 9. The van der Waals surface area contributed by atoms with Crippen molar-refractivity contribution in [1.82, 2.24) is 15.0 Å². The fourth-order valence-corrected chi connectivity index (χ4v) is 7.69. The van der Waals surface area contributed by atoms with Crippen molar-refractivity contribution < 1.29 is 0 Å². The Kier molecular flexibility index (Phi) is 7.81. The van der Waals surface area contributed by atoms with Crippen molar-refractivity contribution in [3.63, 3.8) is 0 Å². The van der Waals surface area contributed by atoms with Gasteiger partial charge in [0.2, 0.25) is 0 Å². The number of aromatic nitrogens is 3. The number of nitrogens with zero attached hydrogens (tertiary/aromatic N) is 3. The minimum absolute atomic E-state index is 0.634. The molecule has 0 bridgehead atoms. The van der Waals surface area contributed by atoms with Gasteiger partial charge in [-0.05, 0) is 77.8 Å². The molecular weight excluding hydrogens is 655 g/mol. The van der Waals surface area contributed by atoms with Gasteiger partial charge in [-0.25, -0.2) is 15.0 Å². The molecule has 3 nitrogen and oxygen atoms in total. The molecule has 252 valence electrons. The molecule has 0 fully saturated rings. The molecule has 0 atom stereocenters. The highest BCUT2D eigenvalue weighted by Crippen LogP contribution is 2.43. The van der Waals surface area contributed by atoms with Gasteiger partial charge in [0, 0.05) is 16.7 Å². The number of hydrogen-bond donors (Lipinski definition) is 0. The quantitative estimate of drug-likeness (QED) is 0.163. The van der Waals surface area contributed by atoms with Crippen molar-refractivity contribution in [3.8, 4) is 67.5 Å². The Bertz CT molecular complexity index is 2970. The first kappa shape index (κ1) is 31.5. The zero-order chi connectivity index (χ0) is 35.8. The highest BCUT2D eigenvalue weighted by molar-refractivity contribution is 6.16. The van der Waals surface area contributed by atoms with Crippen LogP contribution < -0.4 is 0 Å². The average molecular weight is 688 g/mol. The number of rotatable bonds is 6. The molecule has 0 unspecified atom stereocenters. The van der Waals surface area contributed by atoms with E-state index in [-0.39, 0.29) is 0 Å². The number of fused-ring (bicyclic) bond motifs is 4. The zero-order valence-electron chi connectivity index (χ0n) is 29.4. The average Bonchev–Trinajstić information content (AvgIpc) is 3.26. The molecule has 0 spiro atoms. The van der Waals surface area contributed by atoms with E-state index in [2.05, 4.69) is 164 Å². The lowest BCUT2D eigenvalue weighted by molar-refractivity contribution is 1.07. The minimum Gasteiger partial charge on any atom is -0.208 e. The van der Waals surface area contributed by atoms with Gasteiger partial charge in [0.1, 0.15) is 0 Å². The number of hydrogen-bond acceptors (Lipinski definition) is 3. The van der Waals surface area contributed by atoms with Crippen LogP contribution in [0.5, 0.6) is 0 Å². The topological polar surface area (TPSA) is 38.7 Å². The lowest BCUT2D eigenvalue weighted by Gasteiger charge is -2.17. The van der Waals surface area contributed by atoms with E-state index in [1.165, 1.54) is 49.0 Å². The molecule has 0 aliphatic carbocycles. The highest BCUT2D eigenvalue weighted by Gasteiger charge is 2.17. The van der Waals surface area contributed by atoms with Crippen LogP contribution in [0.1, 0.15) is 0 Å². The van der Waals surface area contributed by atoms with E-state index < -0.39 is 0 Å². The maximum Gasteiger partial charge on any atom is 0.164 e.